The highest BCUT2D eigenvalue weighted by Crippen LogP contribution is 2.32. The van der Waals surface area contributed by atoms with Crippen molar-refractivity contribution >= 4 is 29.2 Å². The fourth-order valence-corrected chi connectivity index (χ4v) is 3.47. The summed E-state index contributed by atoms with van der Waals surface area (Å²) in [5, 5.41) is 10.5. The third-order valence-electron chi connectivity index (χ3n) is 4.74. The molecule has 0 unspecified atom stereocenters. The average molecular weight is 374 g/mol. The molecule has 2 N–H and O–H groups in total. The summed E-state index contributed by atoms with van der Waals surface area (Å²) < 4.78 is 1.64. The van der Waals surface area contributed by atoms with Crippen molar-refractivity contribution in [1.82, 2.24) is 20.0 Å². The second-order valence-electron chi connectivity index (χ2n) is 6.79. The lowest BCUT2D eigenvalue weighted by molar-refractivity contribution is -0.128. The number of likely N-dealkylation sites (tertiary alicyclic amines) is 1. The Labute approximate surface area is 156 Å². The fraction of sp³-hybridized carbons (Fsp3) is 0.389. The number of amides is 3. The highest BCUT2D eigenvalue weighted by molar-refractivity contribution is 6.30. The minimum atomic E-state index is -0.307. The van der Waals surface area contributed by atoms with Crippen LogP contribution in [0.4, 0.5) is 10.5 Å². The molecule has 4 rings (SSSR count). The number of halogens is 1. The van der Waals surface area contributed by atoms with Gasteiger partial charge in [-0.05, 0) is 37.1 Å². The van der Waals surface area contributed by atoms with Crippen LogP contribution in [0.25, 0.3) is 5.69 Å². The number of aromatic nitrogens is 2. The summed E-state index contributed by atoms with van der Waals surface area (Å²) in [5.74, 6) is 0.378. The van der Waals surface area contributed by atoms with Gasteiger partial charge in [0.15, 0.2) is 0 Å². The lowest BCUT2D eigenvalue weighted by Crippen LogP contribution is -2.34. The van der Waals surface area contributed by atoms with Gasteiger partial charge < -0.3 is 15.5 Å². The van der Waals surface area contributed by atoms with Crippen LogP contribution < -0.4 is 10.6 Å². The molecular formula is C18H20ClN5O2. The Morgan fingerprint density at radius 2 is 2.19 bits per heavy atom. The van der Waals surface area contributed by atoms with Crippen molar-refractivity contribution in [2.45, 2.75) is 25.3 Å². The van der Waals surface area contributed by atoms with Crippen LogP contribution in [-0.2, 0) is 4.79 Å². The van der Waals surface area contributed by atoms with Gasteiger partial charge in [-0.3, -0.25) is 4.79 Å². The Morgan fingerprint density at radius 3 is 2.92 bits per heavy atom. The Bertz CT molecular complexity index is 819. The van der Waals surface area contributed by atoms with Gasteiger partial charge in [0.25, 0.3) is 0 Å². The second kappa shape index (κ2) is 6.99. The summed E-state index contributed by atoms with van der Waals surface area (Å²) in [5.41, 5.74) is 1.30. The third-order valence-corrected chi connectivity index (χ3v) is 4.97. The number of rotatable bonds is 5. The van der Waals surface area contributed by atoms with E-state index in [1.807, 2.05) is 4.90 Å². The molecule has 2 aliphatic rings. The van der Waals surface area contributed by atoms with E-state index in [-0.39, 0.29) is 17.9 Å². The standard InChI is InChI=1S/C18H20ClN5O2/c19-13-2-5-15(16(9-13)24-7-1-6-21-24)22-18(26)20-10-12-8-17(25)23(11-12)14-3-4-14/h1-2,5-7,9,12,14H,3-4,8,10-11H2,(H2,20,22,26)/t12-/m1/s1. The first kappa shape index (κ1) is 16.9. The Hall–Kier alpha value is -2.54. The summed E-state index contributed by atoms with van der Waals surface area (Å²) >= 11 is 6.07. The largest absolute Gasteiger partial charge is 0.339 e. The van der Waals surface area contributed by atoms with Crippen LogP contribution in [0.3, 0.4) is 0 Å². The molecule has 1 aliphatic heterocycles. The molecule has 0 spiro atoms. The van der Waals surface area contributed by atoms with Gasteiger partial charge in [-0.15, -0.1) is 0 Å². The maximum atomic E-state index is 12.3. The number of urea groups is 1. The van der Waals surface area contributed by atoms with Crippen LogP contribution in [0.1, 0.15) is 19.3 Å². The maximum Gasteiger partial charge on any atom is 0.319 e. The molecule has 1 aromatic carbocycles. The molecule has 8 heteroatoms. The van der Waals surface area contributed by atoms with E-state index in [9.17, 15) is 9.59 Å². The first-order valence-electron chi connectivity index (χ1n) is 8.74. The van der Waals surface area contributed by atoms with Crippen molar-refractivity contribution in [3.8, 4) is 5.69 Å². The zero-order valence-electron chi connectivity index (χ0n) is 14.2. The SMILES string of the molecule is O=C(NC[C@H]1CC(=O)N(C2CC2)C1)Nc1ccc(Cl)cc1-n1cccn1. The zero-order valence-corrected chi connectivity index (χ0v) is 14.9. The molecule has 3 amide bonds. The monoisotopic (exact) mass is 373 g/mol. The number of carbonyl (C=O) groups excluding carboxylic acids is 2. The Morgan fingerprint density at radius 1 is 1.35 bits per heavy atom. The van der Waals surface area contributed by atoms with Gasteiger partial charge in [0.2, 0.25) is 5.91 Å². The molecular weight excluding hydrogens is 354 g/mol. The van der Waals surface area contributed by atoms with Crippen molar-refractivity contribution in [2.24, 2.45) is 5.92 Å². The van der Waals surface area contributed by atoms with Gasteiger partial charge >= 0.3 is 6.03 Å². The topological polar surface area (TPSA) is 79.3 Å². The van der Waals surface area contributed by atoms with E-state index in [1.165, 1.54) is 0 Å². The number of nitrogens with one attached hydrogen (secondary N) is 2. The van der Waals surface area contributed by atoms with E-state index in [4.69, 9.17) is 11.6 Å². The normalized spacial score (nSPS) is 19.7. The molecule has 0 bridgehead atoms. The highest BCUT2D eigenvalue weighted by Gasteiger charge is 2.39. The van der Waals surface area contributed by atoms with Crippen molar-refractivity contribution in [2.75, 3.05) is 18.4 Å². The molecule has 1 aliphatic carbocycles. The van der Waals surface area contributed by atoms with Gasteiger partial charge in [0, 0.05) is 48.9 Å². The summed E-state index contributed by atoms with van der Waals surface area (Å²) in [6.07, 6.45) is 6.17. The Balaban J connectivity index is 1.36. The minimum absolute atomic E-state index is 0.171. The molecule has 7 nitrogen and oxygen atoms in total. The number of benzene rings is 1. The van der Waals surface area contributed by atoms with Crippen LogP contribution in [0, 0.1) is 5.92 Å². The van der Waals surface area contributed by atoms with Crippen LogP contribution in [0.2, 0.25) is 5.02 Å². The van der Waals surface area contributed by atoms with E-state index < -0.39 is 0 Å². The quantitative estimate of drug-likeness (QED) is 0.845. The number of anilines is 1. The molecule has 1 saturated carbocycles. The maximum absolute atomic E-state index is 12.3. The van der Waals surface area contributed by atoms with Crippen molar-refractivity contribution in [3.05, 3.63) is 41.7 Å². The number of hydrogen-bond acceptors (Lipinski definition) is 3. The van der Waals surface area contributed by atoms with Crippen molar-refractivity contribution < 1.29 is 9.59 Å². The third kappa shape index (κ3) is 3.67. The van der Waals surface area contributed by atoms with Gasteiger partial charge in [0.05, 0.1) is 11.4 Å². The molecule has 2 fully saturated rings. The molecule has 0 radical (unpaired) electrons. The second-order valence-corrected chi connectivity index (χ2v) is 7.23. The van der Waals surface area contributed by atoms with Gasteiger partial charge in [-0.25, -0.2) is 9.48 Å². The van der Waals surface area contributed by atoms with Crippen LogP contribution in [0.15, 0.2) is 36.7 Å². The zero-order chi connectivity index (χ0) is 18.1. The van der Waals surface area contributed by atoms with Crippen molar-refractivity contribution in [1.29, 1.82) is 0 Å². The molecule has 1 saturated heterocycles. The van der Waals surface area contributed by atoms with Gasteiger partial charge in [-0.1, -0.05) is 11.6 Å². The molecule has 1 aromatic heterocycles. The first-order valence-corrected chi connectivity index (χ1v) is 9.12. The fourth-order valence-electron chi connectivity index (χ4n) is 3.30. The summed E-state index contributed by atoms with van der Waals surface area (Å²) in [6.45, 7) is 1.22. The van der Waals surface area contributed by atoms with Crippen LogP contribution >= 0.6 is 11.6 Å². The van der Waals surface area contributed by atoms with E-state index in [1.54, 1.807) is 41.3 Å². The average Bonchev–Trinajstić information content (AvgIpc) is 3.17. The molecule has 2 heterocycles. The molecule has 26 heavy (non-hydrogen) atoms. The first-order chi connectivity index (χ1) is 12.6. The summed E-state index contributed by atoms with van der Waals surface area (Å²) in [4.78, 5) is 26.2. The summed E-state index contributed by atoms with van der Waals surface area (Å²) in [7, 11) is 0. The van der Waals surface area contributed by atoms with Crippen LogP contribution in [-0.4, -0.2) is 45.8 Å². The summed E-state index contributed by atoms with van der Waals surface area (Å²) in [6, 6.07) is 7.13. The lowest BCUT2D eigenvalue weighted by Gasteiger charge is -2.16. The lowest BCUT2D eigenvalue weighted by atomic mass is 10.1. The van der Waals surface area contributed by atoms with E-state index in [2.05, 4.69) is 15.7 Å². The van der Waals surface area contributed by atoms with Crippen LogP contribution in [0.5, 0.6) is 0 Å². The minimum Gasteiger partial charge on any atom is -0.339 e. The smallest absolute Gasteiger partial charge is 0.319 e. The molecule has 2 aromatic rings. The van der Waals surface area contributed by atoms with Gasteiger partial charge in [-0.2, -0.15) is 5.10 Å². The van der Waals surface area contributed by atoms with E-state index in [0.717, 1.165) is 19.4 Å². The van der Waals surface area contributed by atoms with Crippen molar-refractivity contribution in [3.63, 3.8) is 0 Å². The van der Waals surface area contributed by atoms with E-state index >= 15 is 0 Å². The van der Waals surface area contributed by atoms with E-state index in [0.29, 0.717) is 35.4 Å². The molecule has 1 atom stereocenters. The molecule has 136 valence electrons. The number of hydrogen-bond donors (Lipinski definition) is 2. The number of nitrogens with zero attached hydrogens (tertiary/aromatic N) is 3. The van der Waals surface area contributed by atoms with Gasteiger partial charge in [0.1, 0.15) is 0 Å². The Kier molecular flexibility index (Phi) is 4.55. The predicted molar refractivity (Wildman–Crippen MR) is 98.4 cm³/mol. The number of carbonyl (C=O) groups is 2. The highest BCUT2D eigenvalue weighted by atomic mass is 35.5. The predicted octanol–water partition coefficient (Wildman–Crippen LogP) is 2.66.